The number of nitrogens with zero attached hydrogens (tertiary/aromatic N) is 2. The molecule has 29 heavy (non-hydrogen) atoms. The van der Waals surface area contributed by atoms with Crippen LogP contribution < -0.4 is 4.72 Å². The second kappa shape index (κ2) is 8.97. The maximum absolute atomic E-state index is 13.8. The number of nitrogens with one attached hydrogen (secondary N) is 1. The third-order valence-electron chi connectivity index (χ3n) is 4.16. The molecule has 3 rings (SSSR count). The van der Waals surface area contributed by atoms with Crippen molar-refractivity contribution in [2.75, 3.05) is 7.05 Å². The van der Waals surface area contributed by atoms with Crippen LogP contribution in [0.25, 0.3) is 11.3 Å². The Morgan fingerprint density at radius 1 is 1.14 bits per heavy atom. The van der Waals surface area contributed by atoms with Gasteiger partial charge in [-0.3, -0.25) is 4.79 Å². The molecule has 1 N–H and O–H groups in total. The Kier molecular flexibility index (Phi) is 6.40. The van der Waals surface area contributed by atoms with Crippen LogP contribution in [-0.2, 0) is 28.0 Å². The maximum Gasteiger partial charge on any atom is 0.303 e. The highest BCUT2D eigenvalue weighted by molar-refractivity contribution is 7.87. The minimum atomic E-state index is -3.97. The predicted octanol–water partition coefficient (Wildman–Crippen LogP) is 2.91. The van der Waals surface area contributed by atoms with E-state index in [-0.39, 0.29) is 36.6 Å². The number of carbonyl (C=O) groups is 1. The zero-order chi connectivity index (χ0) is 20.9. The fourth-order valence-corrected chi connectivity index (χ4v) is 3.49. The monoisotopic (exact) mass is 417 g/mol. The standard InChI is InChI=1S/C20H20FN3O4S/c1-24(14-15-7-3-2-4-8-15)29(26,27)23-19(25)11-12-20-22-13-18(28-20)16-9-5-6-10-17(16)21/h2-10,13H,11-12,14H2,1H3,(H,23,25). The zero-order valence-corrected chi connectivity index (χ0v) is 16.5. The molecule has 0 saturated carbocycles. The zero-order valence-electron chi connectivity index (χ0n) is 15.7. The van der Waals surface area contributed by atoms with Crippen LogP contribution in [0, 0.1) is 5.82 Å². The van der Waals surface area contributed by atoms with Crippen LogP contribution in [0.4, 0.5) is 4.39 Å². The Hall–Kier alpha value is -3.04. The number of halogens is 1. The van der Waals surface area contributed by atoms with Gasteiger partial charge in [0.1, 0.15) is 5.82 Å². The summed E-state index contributed by atoms with van der Waals surface area (Å²) in [4.78, 5) is 16.1. The number of amides is 1. The summed E-state index contributed by atoms with van der Waals surface area (Å²) in [5.41, 5.74) is 1.06. The molecule has 7 nitrogen and oxygen atoms in total. The van der Waals surface area contributed by atoms with Crippen LogP contribution >= 0.6 is 0 Å². The first kappa shape index (κ1) is 20.7. The van der Waals surface area contributed by atoms with E-state index in [1.54, 1.807) is 42.5 Å². The summed E-state index contributed by atoms with van der Waals surface area (Å²) >= 11 is 0. The molecule has 1 heterocycles. The highest BCUT2D eigenvalue weighted by Crippen LogP contribution is 2.23. The SMILES string of the molecule is CN(Cc1ccccc1)S(=O)(=O)NC(=O)CCc1ncc(-c2ccccc2F)o1. The summed E-state index contributed by atoms with van der Waals surface area (Å²) in [6, 6.07) is 15.1. The summed E-state index contributed by atoms with van der Waals surface area (Å²) in [5.74, 6) is -0.668. The van der Waals surface area contributed by atoms with Gasteiger partial charge in [0, 0.05) is 26.4 Å². The van der Waals surface area contributed by atoms with E-state index in [0.29, 0.717) is 0 Å². The number of benzene rings is 2. The van der Waals surface area contributed by atoms with Gasteiger partial charge in [-0.05, 0) is 17.7 Å². The number of aromatic nitrogens is 1. The van der Waals surface area contributed by atoms with Crippen molar-refractivity contribution in [1.29, 1.82) is 0 Å². The van der Waals surface area contributed by atoms with Gasteiger partial charge in [0.05, 0.1) is 11.8 Å². The Morgan fingerprint density at radius 2 is 1.83 bits per heavy atom. The highest BCUT2D eigenvalue weighted by Gasteiger charge is 2.21. The molecule has 0 spiro atoms. The van der Waals surface area contributed by atoms with Crippen molar-refractivity contribution < 1.29 is 22.0 Å². The van der Waals surface area contributed by atoms with Gasteiger partial charge < -0.3 is 4.42 Å². The van der Waals surface area contributed by atoms with Gasteiger partial charge in [-0.1, -0.05) is 42.5 Å². The molecule has 3 aromatic rings. The number of hydrogen-bond donors (Lipinski definition) is 1. The van der Waals surface area contributed by atoms with E-state index < -0.39 is 21.9 Å². The summed E-state index contributed by atoms with van der Waals surface area (Å²) in [7, 11) is -2.59. The molecule has 0 atom stereocenters. The van der Waals surface area contributed by atoms with Gasteiger partial charge in [-0.15, -0.1) is 0 Å². The lowest BCUT2D eigenvalue weighted by Gasteiger charge is -2.17. The number of rotatable bonds is 8. The summed E-state index contributed by atoms with van der Waals surface area (Å²) in [6.45, 7) is 0.134. The third-order valence-corrected chi connectivity index (χ3v) is 5.60. The average molecular weight is 417 g/mol. The van der Waals surface area contributed by atoms with Crippen molar-refractivity contribution in [3.63, 3.8) is 0 Å². The molecule has 0 bridgehead atoms. The molecule has 0 saturated heterocycles. The highest BCUT2D eigenvalue weighted by atomic mass is 32.2. The first-order valence-corrected chi connectivity index (χ1v) is 10.3. The van der Waals surface area contributed by atoms with E-state index in [0.717, 1.165) is 9.87 Å². The molecule has 0 aliphatic heterocycles. The Balaban J connectivity index is 1.55. The largest absolute Gasteiger partial charge is 0.441 e. The molecule has 1 aromatic heterocycles. The summed E-state index contributed by atoms with van der Waals surface area (Å²) < 4.78 is 46.9. The Morgan fingerprint density at radius 3 is 2.55 bits per heavy atom. The average Bonchev–Trinajstić information content (AvgIpc) is 3.16. The quantitative estimate of drug-likeness (QED) is 0.608. The summed E-state index contributed by atoms with van der Waals surface area (Å²) in [6.07, 6.45) is 1.31. The van der Waals surface area contributed by atoms with Gasteiger partial charge in [-0.2, -0.15) is 12.7 Å². The van der Waals surface area contributed by atoms with Gasteiger partial charge in [0.25, 0.3) is 0 Å². The van der Waals surface area contributed by atoms with Crippen molar-refractivity contribution in [2.24, 2.45) is 0 Å². The second-order valence-corrected chi connectivity index (χ2v) is 8.15. The van der Waals surface area contributed by atoms with Crippen molar-refractivity contribution >= 4 is 16.1 Å². The van der Waals surface area contributed by atoms with E-state index >= 15 is 0 Å². The van der Waals surface area contributed by atoms with Crippen LogP contribution in [0.1, 0.15) is 17.9 Å². The van der Waals surface area contributed by atoms with E-state index in [1.165, 1.54) is 19.3 Å². The van der Waals surface area contributed by atoms with E-state index in [2.05, 4.69) is 4.98 Å². The van der Waals surface area contributed by atoms with Crippen LogP contribution in [-0.4, -0.2) is 30.7 Å². The van der Waals surface area contributed by atoms with Crippen LogP contribution in [0.2, 0.25) is 0 Å². The van der Waals surface area contributed by atoms with Gasteiger partial charge in [0.2, 0.25) is 5.91 Å². The van der Waals surface area contributed by atoms with Crippen molar-refractivity contribution in [1.82, 2.24) is 14.0 Å². The molecule has 152 valence electrons. The lowest BCUT2D eigenvalue weighted by molar-refractivity contribution is -0.119. The van der Waals surface area contributed by atoms with E-state index in [9.17, 15) is 17.6 Å². The molecule has 0 aliphatic carbocycles. The van der Waals surface area contributed by atoms with Crippen molar-refractivity contribution in [3.8, 4) is 11.3 Å². The van der Waals surface area contributed by atoms with Gasteiger partial charge >= 0.3 is 10.2 Å². The second-order valence-electron chi connectivity index (χ2n) is 6.37. The van der Waals surface area contributed by atoms with E-state index in [1.807, 2.05) is 10.8 Å². The van der Waals surface area contributed by atoms with Crippen LogP contribution in [0.3, 0.4) is 0 Å². The molecule has 0 aliphatic rings. The molecule has 2 aromatic carbocycles. The molecule has 1 amide bonds. The van der Waals surface area contributed by atoms with Crippen molar-refractivity contribution in [2.45, 2.75) is 19.4 Å². The molecule has 0 unspecified atom stereocenters. The number of carbonyl (C=O) groups excluding carboxylic acids is 1. The topological polar surface area (TPSA) is 92.5 Å². The predicted molar refractivity (Wildman–Crippen MR) is 105 cm³/mol. The lowest BCUT2D eigenvalue weighted by atomic mass is 10.2. The molecular weight excluding hydrogens is 397 g/mol. The number of oxazole rings is 1. The fourth-order valence-electron chi connectivity index (χ4n) is 2.63. The number of aryl methyl sites for hydroxylation is 1. The fraction of sp³-hybridized carbons (Fsp3) is 0.200. The first-order chi connectivity index (χ1) is 13.8. The van der Waals surface area contributed by atoms with Crippen LogP contribution in [0.15, 0.2) is 65.2 Å². The lowest BCUT2D eigenvalue weighted by Crippen LogP contribution is -2.41. The number of hydrogen-bond acceptors (Lipinski definition) is 5. The Labute approximate surface area is 168 Å². The minimum absolute atomic E-state index is 0.0816. The first-order valence-electron chi connectivity index (χ1n) is 8.85. The van der Waals surface area contributed by atoms with Crippen LogP contribution in [0.5, 0.6) is 0 Å². The minimum Gasteiger partial charge on any atom is -0.441 e. The smallest absolute Gasteiger partial charge is 0.303 e. The normalized spacial score (nSPS) is 11.6. The molecule has 9 heteroatoms. The molecular formula is C20H20FN3O4S. The maximum atomic E-state index is 13.8. The third kappa shape index (κ3) is 5.49. The molecule has 0 radical (unpaired) electrons. The van der Waals surface area contributed by atoms with Gasteiger partial charge in [-0.25, -0.2) is 14.1 Å². The van der Waals surface area contributed by atoms with Crippen molar-refractivity contribution in [3.05, 3.63) is 78.1 Å². The van der Waals surface area contributed by atoms with E-state index in [4.69, 9.17) is 4.42 Å². The molecule has 0 fully saturated rings. The van der Waals surface area contributed by atoms with Gasteiger partial charge in [0.15, 0.2) is 11.7 Å². The Bertz CT molecular complexity index is 1080. The summed E-state index contributed by atoms with van der Waals surface area (Å²) in [5, 5.41) is 0.